The van der Waals surface area contributed by atoms with E-state index in [4.69, 9.17) is 5.41 Å². The Labute approximate surface area is 162 Å². The Morgan fingerprint density at radius 3 is 2.32 bits per heavy atom. The minimum atomic E-state index is -4.08. The van der Waals surface area contributed by atoms with Gasteiger partial charge in [0, 0.05) is 24.5 Å². The van der Waals surface area contributed by atoms with E-state index in [1.807, 2.05) is 0 Å². The Morgan fingerprint density at radius 1 is 1.18 bits per heavy atom. The first-order chi connectivity index (χ1) is 13.0. The highest BCUT2D eigenvalue weighted by Crippen LogP contribution is 2.29. The van der Waals surface area contributed by atoms with Gasteiger partial charge in [-0.2, -0.15) is 0 Å². The van der Waals surface area contributed by atoms with E-state index >= 15 is 0 Å². The average Bonchev–Trinajstić information content (AvgIpc) is 2.60. The number of benzene rings is 2. The van der Waals surface area contributed by atoms with E-state index in [2.05, 4.69) is 11.3 Å². The highest BCUT2D eigenvalue weighted by atomic mass is 32.2. The van der Waals surface area contributed by atoms with Gasteiger partial charge in [-0.1, -0.05) is 30.8 Å². The second kappa shape index (κ2) is 8.18. The molecule has 150 valence electrons. The molecular weight excluding hydrogens is 389 g/mol. The van der Waals surface area contributed by atoms with E-state index < -0.39 is 22.6 Å². The zero-order chi connectivity index (χ0) is 21.1. The van der Waals surface area contributed by atoms with Crippen LogP contribution in [0.5, 0.6) is 0 Å². The molecule has 0 fully saturated rings. The first-order valence-electron chi connectivity index (χ1n) is 8.41. The SMILES string of the molecule is C=C(CCF)C(=N)c1c(C)cccc1NS(=O)(=O)c1ccc(C(C)(F)F)cc1. The largest absolute Gasteiger partial charge is 0.300 e. The summed E-state index contributed by atoms with van der Waals surface area (Å²) in [4.78, 5) is -0.193. The van der Waals surface area contributed by atoms with Crippen LogP contribution in [0.2, 0.25) is 0 Å². The summed E-state index contributed by atoms with van der Waals surface area (Å²) >= 11 is 0. The monoisotopic (exact) mass is 410 g/mol. The van der Waals surface area contributed by atoms with Crippen LogP contribution in [0.4, 0.5) is 18.9 Å². The van der Waals surface area contributed by atoms with Crippen LogP contribution in [-0.4, -0.2) is 20.8 Å². The molecule has 28 heavy (non-hydrogen) atoms. The molecule has 0 heterocycles. The van der Waals surface area contributed by atoms with Crippen molar-refractivity contribution < 1.29 is 21.6 Å². The van der Waals surface area contributed by atoms with Gasteiger partial charge in [0.25, 0.3) is 15.9 Å². The average molecular weight is 410 g/mol. The molecule has 0 bridgehead atoms. The second-order valence-electron chi connectivity index (χ2n) is 6.43. The van der Waals surface area contributed by atoms with Crippen molar-refractivity contribution in [2.75, 3.05) is 11.4 Å². The van der Waals surface area contributed by atoms with Crippen molar-refractivity contribution in [2.24, 2.45) is 0 Å². The summed E-state index contributed by atoms with van der Waals surface area (Å²) in [6, 6.07) is 9.08. The molecule has 0 aliphatic heterocycles. The number of hydrogen-bond donors (Lipinski definition) is 2. The van der Waals surface area contributed by atoms with E-state index in [0.29, 0.717) is 11.1 Å². The maximum atomic E-state index is 13.3. The van der Waals surface area contributed by atoms with Crippen molar-refractivity contribution in [1.29, 1.82) is 5.41 Å². The fourth-order valence-corrected chi connectivity index (χ4v) is 3.70. The fourth-order valence-electron chi connectivity index (χ4n) is 2.63. The fraction of sp³-hybridized carbons (Fsp3) is 0.250. The molecule has 0 saturated carbocycles. The zero-order valence-corrected chi connectivity index (χ0v) is 16.3. The van der Waals surface area contributed by atoms with Crippen molar-refractivity contribution in [3.05, 3.63) is 71.3 Å². The maximum Gasteiger partial charge on any atom is 0.270 e. The summed E-state index contributed by atoms with van der Waals surface area (Å²) in [6.07, 6.45) is -0.0357. The predicted molar refractivity (Wildman–Crippen MR) is 105 cm³/mol. The Morgan fingerprint density at radius 2 is 1.79 bits per heavy atom. The summed E-state index contributed by atoms with van der Waals surface area (Å²) in [7, 11) is -4.08. The van der Waals surface area contributed by atoms with Gasteiger partial charge in [0.15, 0.2) is 0 Å². The number of anilines is 1. The normalized spacial score (nSPS) is 11.9. The summed E-state index contributed by atoms with van der Waals surface area (Å²) in [6.45, 7) is 5.42. The number of nitrogens with one attached hydrogen (secondary N) is 2. The van der Waals surface area contributed by atoms with Crippen molar-refractivity contribution in [3.63, 3.8) is 0 Å². The number of halogens is 3. The van der Waals surface area contributed by atoms with Crippen LogP contribution in [-0.2, 0) is 15.9 Å². The molecule has 2 aromatic carbocycles. The highest BCUT2D eigenvalue weighted by molar-refractivity contribution is 7.92. The van der Waals surface area contributed by atoms with Gasteiger partial charge in [-0.05, 0) is 36.3 Å². The molecule has 0 aliphatic carbocycles. The first-order valence-corrected chi connectivity index (χ1v) is 9.89. The van der Waals surface area contributed by atoms with E-state index in [-0.39, 0.29) is 33.9 Å². The lowest BCUT2D eigenvalue weighted by molar-refractivity contribution is 0.0174. The van der Waals surface area contributed by atoms with Crippen molar-refractivity contribution in [2.45, 2.75) is 31.1 Å². The molecule has 2 aromatic rings. The maximum absolute atomic E-state index is 13.3. The van der Waals surface area contributed by atoms with Crippen LogP contribution in [0.1, 0.15) is 30.0 Å². The lowest BCUT2D eigenvalue weighted by Crippen LogP contribution is -2.17. The molecule has 0 aliphatic rings. The molecule has 0 saturated heterocycles. The summed E-state index contributed by atoms with van der Waals surface area (Å²) in [5, 5.41) is 8.25. The van der Waals surface area contributed by atoms with Crippen molar-refractivity contribution in [1.82, 2.24) is 0 Å². The summed E-state index contributed by atoms with van der Waals surface area (Å²) in [5.41, 5.74) is 0.926. The molecule has 4 nitrogen and oxygen atoms in total. The van der Waals surface area contributed by atoms with Crippen molar-refractivity contribution in [3.8, 4) is 0 Å². The van der Waals surface area contributed by atoms with E-state index in [9.17, 15) is 21.6 Å². The van der Waals surface area contributed by atoms with Crippen LogP contribution in [0.3, 0.4) is 0 Å². The van der Waals surface area contributed by atoms with Gasteiger partial charge in [-0.15, -0.1) is 0 Å². The van der Waals surface area contributed by atoms with Crippen LogP contribution < -0.4 is 4.72 Å². The third-order valence-corrected chi connectivity index (χ3v) is 5.57. The van der Waals surface area contributed by atoms with Gasteiger partial charge < -0.3 is 0 Å². The Hall–Kier alpha value is -2.61. The zero-order valence-electron chi connectivity index (χ0n) is 15.5. The lowest BCUT2D eigenvalue weighted by Gasteiger charge is -2.17. The van der Waals surface area contributed by atoms with Crippen molar-refractivity contribution >= 4 is 21.4 Å². The van der Waals surface area contributed by atoms with Gasteiger partial charge in [-0.25, -0.2) is 17.2 Å². The topological polar surface area (TPSA) is 70.0 Å². The van der Waals surface area contributed by atoms with Gasteiger partial charge in [0.2, 0.25) is 0 Å². The Bertz CT molecular complexity index is 995. The van der Waals surface area contributed by atoms with Gasteiger partial charge >= 0.3 is 0 Å². The molecule has 0 spiro atoms. The Kier molecular flexibility index (Phi) is 6.34. The summed E-state index contributed by atoms with van der Waals surface area (Å²) in [5.74, 6) is -3.08. The first kappa shape index (κ1) is 21.7. The van der Waals surface area contributed by atoms with Gasteiger partial charge in [0.05, 0.1) is 23.0 Å². The van der Waals surface area contributed by atoms with E-state index in [0.717, 1.165) is 31.2 Å². The second-order valence-corrected chi connectivity index (χ2v) is 8.12. The standard InChI is InChI=1S/C20H21F3N2O2S/c1-13-5-4-6-17(18(13)19(24)14(2)11-12-21)25-28(26,27)16-9-7-15(8-10-16)20(3,22)23/h4-10,24-25H,2,11-12H2,1,3H3. The lowest BCUT2D eigenvalue weighted by atomic mass is 9.96. The smallest absolute Gasteiger partial charge is 0.270 e. The molecule has 0 radical (unpaired) electrons. The molecule has 8 heteroatoms. The number of rotatable bonds is 8. The van der Waals surface area contributed by atoms with Gasteiger partial charge in [0.1, 0.15) is 0 Å². The van der Waals surface area contributed by atoms with Crippen LogP contribution in [0.15, 0.2) is 59.5 Å². The minimum Gasteiger partial charge on any atom is -0.300 e. The molecule has 0 unspecified atom stereocenters. The van der Waals surface area contributed by atoms with Gasteiger partial charge in [-0.3, -0.25) is 14.5 Å². The van der Waals surface area contributed by atoms with E-state index in [1.165, 1.54) is 6.07 Å². The van der Waals surface area contributed by atoms with E-state index in [1.54, 1.807) is 19.1 Å². The number of sulfonamides is 1. The predicted octanol–water partition coefficient (Wildman–Crippen LogP) is 5.19. The number of hydrogen-bond acceptors (Lipinski definition) is 3. The van der Waals surface area contributed by atoms with Crippen LogP contribution >= 0.6 is 0 Å². The van der Waals surface area contributed by atoms with Crippen LogP contribution in [0.25, 0.3) is 0 Å². The molecular formula is C20H21F3N2O2S. The molecule has 0 aromatic heterocycles. The number of aryl methyl sites for hydroxylation is 1. The quantitative estimate of drug-likeness (QED) is 0.588. The molecule has 2 rings (SSSR count). The molecule has 0 amide bonds. The Balaban J connectivity index is 2.41. The number of allylic oxidation sites excluding steroid dienone is 1. The minimum absolute atomic E-state index is 0.0357. The van der Waals surface area contributed by atoms with Crippen LogP contribution in [0, 0.1) is 12.3 Å². The third-order valence-electron chi connectivity index (χ3n) is 4.19. The molecule has 2 N–H and O–H groups in total. The number of alkyl halides is 3. The highest BCUT2D eigenvalue weighted by Gasteiger charge is 2.25. The molecule has 0 atom stereocenters. The third kappa shape index (κ3) is 4.81. The summed E-state index contributed by atoms with van der Waals surface area (Å²) < 4.78 is 67.0.